The molecular formula is C36H77N. The van der Waals surface area contributed by atoms with Crippen molar-refractivity contribution in [2.45, 2.75) is 169 Å². The summed E-state index contributed by atoms with van der Waals surface area (Å²) in [6.45, 7) is 39.1. The fraction of sp³-hybridized carbons (Fsp3) is 0.917. The van der Waals surface area contributed by atoms with E-state index < -0.39 is 0 Å². The van der Waals surface area contributed by atoms with Gasteiger partial charge in [0.15, 0.2) is 0 Å². The third-order valence-electron chi connectivity index (χ3n) is 9.27. The summed E-state index contributed by atoms with van der Waals surface area (Å²) in [7, 11) is 1.75. The molecule has 226 valence electrons. The van der Waals surface area contributed by atoms with Gasteiger partial charge in [-0.25, -0.2) is 0 Å². The van der Waals surface area contributed by atoms with E-state index in [-0.39, 0.29) is 0 Å². The van der Waals surface area contributed by atoms with E-state index in [4.69, 9.17) is 0 Å². The lowest BCUT2D eigenvalue weighted by molar-refractivity contribution is 0.0885. The van der Waals surface area contributed by atoms with Gasteiger partial charge in [-0.3, -0.25) is 0 Å². The van der Waals surface area contributed by atoms with Crippen molar-refractivity contribution in [3.63, 3.8) is 0 Å². The average molecular weight is 524 g/mol. The molecule has 1 nitrogen and oxygen atoms in total. The molecule has 0 aliphatic carbocycles. The van der Waals surface area contributed by atoms with Crippen LogP contribution in [0.4, 0.5) is 0 Å². The van der Waals surface area contributed by atoms with E-state index in [1.165, 1.54) is 51.4 Å². The van der Waals surface area contributed by atoms with Gasteiger partial charge in [0.1, 0.15) is 0 Å². The third kappa shape index (κ3) is 18.4. The van der Waals surface area contributed by atoms with Crippen LogP contribution in [0.3, 0.4) is 0 Å². The van der Waals surface area contributed by atoms with Crippen molar-refractivity contribution in [3.8, 4) is 0 Å². The molecule has 0 aromatic rings. The second-order valence-corrected chi connectivity index (χ2v) is 12.3. The Morgan fingerprint density at radius 1 is 0.784 bits per heavy atom. The second kappa shape index (κ2) is 25.7. The maximum Gasteiger partial charge on any atom is 0.0273 e. The Morgan fingerprint density at radius 2 is 1.27 bits per heavy atom. The molecule has 0 spiro atoms. The van der Waals surface area contributed by atoms with E-state index in [9.17, 15) is 0 Å². The Morgan fingerprint density at radius 3 is 1.62 bits per heavy atom. The van der Waals surface area contributed by atoms with Gasteiger partial charge >= 0.3 is 0 Å². The van der Waals surface area contributed by atoms with Gasteiger partial charge < -0.3 is 4.99 Å². The van der Waals surface area contributed by atoms with E-state index in [1.54, 1.807) is 18.8 Å². The van der Waals surface area contributed by atoms with Gasteiger partial charge in [-0.1, -0.05) is 148 Å². The zero-order valence-corrected chi connectivity index (χ0v) is 29.6. The van der Waals surface area contributed by atoms with Crippen molar-refractivity contribution in [2.75, 3.05) is 7.05 Å². The molecule has 0 rings (SSSR count). The van der Waals surface area contributed by atoms with E-state index >= 15 is 0 Å². The van der Waals surface area contributed by atoms with E-state index in [0.29, 0.717) is 16.7 Å². The number of nitrogens with zero attached hydrogens (tertiary/aromatic N) is 1. The van der Waals surface area contributed by atoms with Gasteiger partial charge in [0, 0.05) is 7.05 Å². The predicted molar refractivity (Wildman–Crippen MR) is 178 cm³/mol. The Hall–Kier alpha value is -0.590. The first-order chi connectivity index (χ1) is 17.3. The first kappa shape index (κ1) is 43.5. The molecule has 0 aromatic heterocycles. The van der Waals surface area contributed by atoms with E-state index in [2.05, 4.69) is 94.2 Å². The van der Waals surface area contributed by atoms with Crippen LogP contribution in [0.15, 0.2) is 16.6 Å². The molecule has 0 N–H and O–H groups in total. The minimum Gasteiger partial charge on any atom is -0.301 e. The molecule has 0 aromatic carbocycles. The molecule has 37 heavy (non-hydrogen) atoms. The molecule has 5 unspecified atom stereocenters. The normalized spacial score (nSPS) is 17.4. The molecule has 0 saturated carbocycles. The van der Waals surface area contributed by atoms with Crippen LogP contribution in [0.1, 0.15) is 169 Å². The molecule has 0 bridgehead atoms. The predicted octanol–water partition coefficient (Wildman–Crippen LogP) is 13.1. The SMILES string of the molecule is CC.CC.CC=NC.CCCC(C)CCC(C)(C(C)CC)C(C)C/C=C(\C)C(C)(CCC(C)C)C(C)C. The van der Waals surface area contributed by atoms with Crippen molar-refractivity contribution >= 4 is 6.21 Å². The Kier molecular flexibility index (Phi) is 30.2. The number of rotatable bonds is 15. The standard InChI is InChI=1S/C29H58.C3H7N.2C2H6/c1-13-15-24(7)19-21-29(12,25(8)14-2)27(10)17-16-26(9)28(11,23(5)6)20-18-22(3)4;1-3-4-2;2*1-2/h16,22-25,27H,13-15,17-21H2,1-12H3;3H,1-2H3;2*1-2H3/b26-16+;;;. The fourth-order valence-corrected chi connectivity index (χ4v) is 5.02. The second-order valence-electron chi connectivity index (χ2n) is 12.3. The molecule has 0 fully saturated rings. The van der Waals surface area contributed by atoms with Crippen molar-refractivity contribution in [3.05, 3.63) is 11.6 Å². The lowest BCUT2D eigenvalue weighted by atomic mass is 9.63. The topological polar surface area (TPSA) is 12.4 Å². The highest BCUT2D eigenvalue weighted by Gasteiger charge is 2.36. The summed E-state index contributed by atoms with van der Waals surface area (Å²) in [6.07, 6.45) is 15.0. The summed E-state index contributed by atoms with van der Waals surface area (Å²) in [4.78, 5) is 3.61. The summed E-state index contributed by atoms with van der Waals surface area (Å²) >= 11 is 0. The zero-order valence-electron chi connectivity index (χ0n) is 29.6. The molecule has 0 amide bonds. The molecule has 5 atom stereocenters. The minimum atomic E-state index is 0.340. The van der Waals surface area contributed by atoms with Crippen LogP contribution in [0, 0.1) is 40.4 Å². The van der Waals surface area contributed by atoms with E-state index in [1.807, 2.05) is 34.6 Å². The van der Waals surface area contributed by atoms with E-state index in [0.717, 1.165) is 23.7 Å². The highest BCUT2D eigenvalue weighted by molar-refractivity contribution is 5.52. The van der Waals surface area contributed by atoms with Crippen molar-refractivity contribution in [1.82, 2.24) is 0 Å². The number of aliphatic imine (C=N–C) groups is 1. The first-order valence-corrected chi connectivity index (χ1v) is 16.3. The van der Waals surface area contributed by atoms with Gasteiger partial charge in [0.25, 0.3) is 0 Å². The maximum absolute atomic E-state index is 3.61. The first-order valence-electron chi connectivity index (χ1n) is 16.3. The van der Waals surface area contributed by atoms with Crippen LogP contribution in [0.5, 0.6) is 0 Å². The van der Waals surface area contributed by atoms with Gasteiger partial charge in [-0.15, -0.1) is 0 Å². The summed E-state index contributed by atoms with van der Waals surface area (Å²) in [5.74, 6) is 3.88. The smallest absolute Gasteiger partial charge is 0.0273 e. The van der Waals surface area contributed by atoms with Gasteiger partial charge in [0.05, 0.1) is 0 Å². The number of hydrogen-bond donors (Lipinski definition) is 0. The lowest BCUT2D eigenvalue weighted by Crippen LogP contribution is -2.33. The summed E-state index contributed by atoms with van der Waals surface area (Å²) in [6, 6.07) is 0. The summed E-state index contributed by atoms with van der Waals surface area (Å²) < 4.78 is 0. The molecule has 0 radical (unpaired) electrons. The highest BCUT2D eigenvalue weighted by atomic mass is 14.6. The van der Waals surface area contributed by atoms with Crippen LogP contribution in [-0.4, -0.2) is 13.3 Å². The minimum absolute atomic E-state index is 0.340. The molecule has 0 aliphatic heterocycles. The molecule has 0 heterocycles. The van der Waals surface area contributed by atoms with Crippen molar-refractivity contribution in [2.24, 2.45) is 45.4 Å². The Balaban J connectivity index is -0.000000602. The summed E-state index contributed by atoms with van der Waals surface area (Å²) in [5.41, 5.74) is 2.41. The van der Waals surface area contributed by atoms with Crippen molar-refractivity contribution in [1.29, 1.82) is 0 Å². The molecular weight excluding hydrogens is 446 g/mol. The molecule has 0 saturated heterocycles. The van der Waals surface area contributed by atoms with Gasteiger partial charge in [-0.05, 0) is 79.7 Å². The van der Waals surface area contributed by atoms with Crippen LogP contribution >= 0.6 is 0 Å². The Bertz CT molecular complexity index is 525. The molecule has 0 aliphatic rings. The number of allylic oxidation sites excluding steroid dienone is 2. The average Bonchev–Trinajstić information content (AvgIpc) is 2.90. The third-order valence-corrected chi connectivity index (χ3v) is 9.27. The van der Waals surface area contributed by atoms with Gasteiger partial charge in [0.2, 0.25) is 0 Å². The largest absolute Gasteiger partial charge is 0.301 e. The summed E-state index contributed by atoms with van der Waals surface area (Å²) in [5, 5.41) is 0. The van der Waals surface area contributed by atoms with Gasteiger partial charge in [-0.2, -0.15) is 0 Å². The Labute approximate surface area is 239 Å². The van der Waals surface area contributed by atoms with Crippen LogP contribution in [0.25, 0.3) is 0 Å². The fourth-order valence-electron chi connectivity index (χ4n) is 5.02. The maximum atomic E-state index is 3.61. The van der Waals surface area contributed by atoms with Crippen molar-refractivity contribution < 1.29 is 0 Å². The monoisotopic (exact) mass is 524 g/mol. The van der Waals surface area contributed by atoms with Crippen LogP contribution in [0.2, 0.25) is 0 Å². The van der Waals surface area contributed by atoms with Crippen LogP contribution < -0.4 is 0 Å². The zero-order chi connectivity index (χ0) is 30.2. The quantitative estimate of drug-likeness (QED) is 0.149. The lowest BCUT2D eigenvalue weighted by Gasteiger charge is -2.42. The van der Waals surface area contributed by atoms with Crippen LogP contribution in [-0.2, 0) is 0 Å². The highest BCUT2D eigenvalue weighted by Crippen LogP contribution is 2.46. The number of hydrogen-bond acceptors (Lipinski definition) is 1. The molecule has 1 heteroatoms.